The van der Waals surface area contributed by atoms with Gasteiger partial charge in [-0.05, 0) is 42.9 Å². The van der Waals surface area contributed by atoms with Crippen molar-refractivity contribution in [3.63, 3.8) is 0 Å². The first-order valence-corrected chi connectivity index (χ1v) is 8.30. The van der Waals surface area contributed by atoms with Crippen molar-refractivity contribution in [2.75, 3.05) is 7.05 Å². The van der Waals surface area contributed by atoms with Crippen molar-refractivity contribution in [1.29, 1.82) is 0 Å². The van der Waals surface area contributed by atoms with Crippen LogP contribution in [-0.2, 0) is 13.1 Å². The van der Waals surface area contributed by atoms with Crippen LogP contribution in [0.3, 0.4) is 0 Å². The number of carboxylic acid groups (broad SMARTS) is 1. The third-order valence-corrected chi connectivity index (χ3v) is 4.58. The van der Waals surface area contributed by atoms with Gasteiger partial charge in [0.15, 0.2) is 0 Å². The van der Waals surface area contributed by atoms with Crippen LogP contribution in [0.5, 0.6) is 0 Å². The van der Waals surface area contributed by atoms with Crippen LogP contribution in [0.15, 0.2) is 54.9 Å². The highest BCUT2D eigenvalue weighted by Crippen LogP contribution is 2.27. The number of pyridine rings is 2. The van der Waals surface area contributed by atoms with Gasteiger partial charge in [0, 0.05) is 25.5 Å². The highest BCUT2D eigenvalue weighted by molar-refractivity contribution is 7.17. The molecule has 3 aromatic heterocycles. The lowest BCUT2D eigenvalue weighted by molar-refractivity contribution is 0.0702. The molecular formula is C18H17N3O2S. The van der Waals surface area contributed by atoms with Crippen molar-refractivity contribution in [2.45, 2.75) is 13.1 Å². The summed E-state index contributed by atoms with van der Waals surface area (Å²) in [5.74, 6) is -0.904. The summed E-state index contributed by atoms with van der Waals surface area (Å²) in [4.78, 5) is 23.2. The molecule has 0 saturated heterocycles. The van der Waals surface area contributed by atoms with E-state index in [-0.39, 0.29) is 0 Å². The maximum atomic E-state index is 11.0. The Labute approximate surface area is 144 Å². The zero-order chi connectivity index (χ0) is 16.9. The first-order valence-electron chi connectivity index (χ1n) is 7.49. The molecule has 0 saturated carbocycles. The van der Waals surface area contributed by atoms with Crippen LogP contribution in [-0.4, -0.2) is 33.0 Å². The SMILES string of the molecule is CN(Cc1cccnc1)Cc1cccc(-c2ccc(C(=O)O)s2)n1. The molecule has 0 aromatic carbocycles. The number of thiophene rings is 1. The smallest absolute Gasteiger partial charge is 0.345 e. The molecule has 0 bridgehead atoms. The number of rotatable bonds is 6. The van der Waals surface area contributed by atoms with E-state index in [1.54, 1.807) is 18.3 Å². The number of aromatic carboxylic acids is 1. The van der Waals surface area contributed by atoms with Gasteiger partial charge < -0.3 is 5.11 Å². The Morgan fingerprint density at radius 1 is 1.17 bits per heavy atom. The number of aromatic nitrogens is 2. The molecule has 0 radical (unpaired) electrons. The van der Waals surface area contributed by atoms with Crippen LogP contribution in [0.25, 0.3) is 10.6 Å². The third-order valence-electron chi connectivity index (χ3n) is 3.48. The minimum Gasteiger partial charge on any atom is -0.477 e. The molecule has 0 aliphatic heterocycles. The Morgan fingerprint density at radius 2 is 2.04 bits per heavy atom. The number of nitrogens with zero attached hydrogens (tertiary/aromatic N) is 3. The molecule has 3 heterocycles. The molecule has 6 heteroatoms. The van der Waals surface area contributed by atoms with E-state index in [2.05, 4.69) is 14.9 Å². The van der Waals surface area contributed by atoms with Crippen LogP contribution >= 0.6 is 11.3 Å². The van der Waals surface area contributed by atoms with Crippen molar-refractivity contribution in [3.8, 4) is 10.6 Å². The van der Waals surface area contributed by atoms with E-state index in [1.165, 1.54) is 11.3 Å². The maximum absolute atomic E-state index is 11.0. The molecule has 1 N–H and O–H groups in total. The average Bonchev–Trinajstić information content (AvgIpc) is 3.06. The summed E-state index contributed by atoms with van der Waals surface area (Å²) in [5, 5.41) is 9.04. The van der Waals surface area contributed by atoms with E-state index in [1.807, 2.05) is 43.6 Å². The van der Waals surface area contributed by atoms with Gasteiger partial charge in [0.25, 0.3) is 0 Å². The summed E-state index contributed by atoms with van der Waals surface area (Å²) < 4.78 is 0. The number of hydrogen-bond acceptors (Lipinski definition) is 5. The fraction of sp³-hybridized carbons (Fsp3) is 0.167. The normalized spacial score (nSPS) is 10.9. The molecule has 24 heavy (non-hydrogen) atoms. The highest BCUT2D eigenvalue weighted by atomic mass is 32.1. The van der Waals surface area contributed by atoms with E-state index >= 15 is 0 Å². The largest absolute Gasteiger partial charge is 0.477 e. The minimum absolute atomic E-state index is 0.325. The first kappa shape index (κ1) is 16.3. The predicted octanol–water partition coefficient (Wildman–Crippen LogP) is 3.54. The Hall–Kier alpha value is -2.57. The maximum Gasteiger partial charge on any atom is 0.345 e. The average molecular weight is 339 g/mol. The van der Waals surface area contributed by atoms with Crippen LogP contribution in [0.4, 0.5) is 0 Å². The molecule has 0 aliphatic carbocycles. The van der Waals surface area contributed by atoms with Crippen molar-refractivity contribution < 1.29 is 9.90 Å². The number of hydrogen-bond donors (Lipinski definition) is 1. The van der Waals surface area contributed by atoms with Crippen molar-refractivity contribution in [2.24, 2.45) is 0 Å². The summed E-state index contributed by atoms with van der Waals surface area (Å²) in [7, 11) is 2.04. The fourth-order valence-electron chi connectivity index (χ4n) is 2.43. The lowest BCUT2D eigenvalue weighted by atomic mass is 10.2. The minimum atomic E-state index is -0.904. The molecule has 0 aliphatic rings. The van der Waals surface area contributed by atoms with Gasteiger partial charge in [0.05, 0.1) is 16.3 Å². The second-order valence-electron chi connectivity index (χ2n) is 5.52. The molecule has 0 amide bonds. The van der Waals surface area contributed by atoms with Crippen LogP contribution in [0, 0.1) is 0 Å². The second-order valence-corrected chi connectivity index (χ2v) is 6.60. The Kier molecular flexibility index (Phi) is 4.98. The topological polar surface area (TPSA) is 66.3 Å². The summed E-state index contributed by atoms with van der Waals surface area (Å²) in [6.07, 6.45) is 3.63. The predicted molar refractivity (Wildman–Crippen MR) is 93.9 cm³/mol. The van der Waals surface area contributed by atoms with Gasteiger partial charge >= 0.3 is 5.97 Å². The molecule has 0 fully saturated rings. The Balaban J connectivity index is 1.71. The lowest BCUT2D eigenvalue weighted by Crippen LogP contribution is -2.18. The summed E-state index contributed by atoms with van der Waals surface area (Å²) in [6, 6.07) is 13.2. The zero-order valence-electron chi connectivity index (χ0n) is 13.2. The van der Waals surface area contributed by atoms with E-state index in [9.17, 15) is 4.79 Å². The van der Waals surface area contributed by atoms with Gasteiger partial charge in [0.2, 0.25) is 0 Å². The van der Waals surface area contributed by atoms with E-state index in [0.29, 0.717) is 11.4 Å². The molecule has 0 unspecified atom stereocenters. The van der Waals surface area contributed by atoms with Gasteiger partial charge in [-0.2, -0.15) is 0 Å². The first-order chi connectivity index (χ1) is 11.6. The zero-order valence-corrected chi connectivity index (χ0v) is 14.0. The van der Waals surface area contributed by atoms with Gasteiger partial charge in [-0.25, -0.2) is 4.79 Å². The van der Waals surface area contributed by atoms with Crippen LogP contribution < -0.4 is 0 Å². The lowest BCUT2D eigenvalue weighted by Gasteiger charge is -2.16. The number of carbonyl (C=O) groups is 1. The van der Waals surface area contributed by atoms with Gasteiger partial charge in [0.1, 0.15) is 4.88 Å². The van der Waals surface area contributed by atoms with E-state index in [4.69, 9.17) is 5.11 Å². The van der Waals surface area contributed by atoms with E-state index < -0.39 is 5.97 Å². The third kappa shape index (κ3) is 4.04. The van der Waals surface area contributed by atoms with Crippen molar-refractivity contribution >= 4 is 17.3 Å². The monoisotopic (exact) mass is 339 g/mol. The molecule has 5 nitrogen and oxygen atoms in total. The van der Waals surface area contributed by atoms with Gasteiger partial charge in [-0.3, -0.25) is 14.9 Å². The molecule has 3 rings (SSSR count). The fourth-order valence-corrected chi connectivity index (χ4v) is 3.25. The molecule has 3 aromatic rings. The summed E-state index contributed by atoms with van der Waals surface area (Å²) in [6.45, 7) is 1.50. The number of carboxylic acids is 1. The molecule has 0 atom stereocenters. The molecule has 0 spiro atoms. The summed E-state index contributed by atoms with van der Waals surface area (Å²) >= 11 is 1.24. The van der Waals surface area contributed by atoms with Crippen LogP contribution in [0.1, 0.15) is 20.9 Å². The molecular weight excluding hydrogens is 322 g/mol. The van der Waals surface area contributed by atoms with E-state index in [0.717, 1.165) is 28.4 Å². The second kappa shape index (κ2) is 7.33. The summed E-state index contributed by atoms with van der Waals surface area (Å²) in [5.41, 5.74) is 2.91. The van der Waals surface area contributed by atoms with Crippen molar-refractivity contribution in [3.05, 3.63) is 71.0 Å². The van der Waals surface area contributed by atoms with Crippen LogP contribution in [0.2, 0.25) is 0 Å². The standard InChI is InChI=1S/C18H17N3O2S/c1-21(11-13-4-3-9-19-10-13)12-14-5-2-6-15(20-14)16-7-8-17(24-16)18(22)23/h2-10H,11-12H2,1H3,(H,22,23). The quantitative estimate of drug-likeness (QED) is 0.744. The Bertz CT molecular complexity index is 833. The van der Waals surface area contributed by atoms with Crippen molar-refractivity contribution in [1.82, 2.24) is 14.9 Å². The Morgan fingerprint density at radius 3 is 2.75 bits per heavy atom. The molecule has 122 valence electrons. The van der Waals surface area contributed by atoms with Gasteiger partial charge in [-0.1, -0.05) is 12.1 Å². The van der Waals surface area contributed by atoms with Gasteiger partial charge in [-0.15, -0.1) is 11.3 Å². The highest BCUT2D eigenvalue weighted by Gasteiger charge is 2.10.